The molecule has 4 nitrogen and oxygen atoms in total. The molecular formula is C16H30O4Sr. The number of carbonyl (C=O) groups excluding carboxylic acids is 1. The Kier molecular flexibility index (Phi) is 20.3. The molecule has 0 spiro atoms. The first-order valence-corrected chi connectivity index (χ1v) is 7.74. The maximum absolute atomic E-state index is 11.0. The number of carbonyl (C=O) groups is 2. The number of rotatable bonds is 13. The van der Waals surface area contributed by atoms with Crippen LogP contribution in [-0.4, -0.2) is 69.1 Å². The van der Waals surface area contributed by atoms with Crippen molar-refractivity contribution in [3.8, 4) is 0 Å². The number of unbranched alkanes of at least 4 members (excludes halogenated alkanes) is 9. The Morgan fingerprint density at radius 2 is 1.38 bits per heavy atom. The van der Waals surface area contributed by atoms with Crippen LogP contribution in [0.1, 0.15) is 74.0 Å². The Labute approximate surface area is 168 Å². The van der Waals surface area contributed by atoms with Crippen molar-refractivity contribution in [3.05, 3.63) is 12.2 Å². The minimum atomic E-state index is -1.14. The number of hydrogen-bond donors (Lipinski definition) is 1. The van der Waals surface area contributed by atoms with Gasteiger partial charge in [0.25, 0.3) is 0 Å². The molecule has 1 N–H and O–H groups in total. The Bertz CT molecular complexity index is 300. The fourth-order valence-corrected chi connectivity index (χ4v) is 1.95. The van der Waals surface area contributed by atoms with Crippen molar-refractivity contribution in [2.45, 2.75) is 71.1 Å². The van der Waals surface area contributed by atoms with Gasteiger partial charge in [-0.3, -0.25) is 0 Å². The van der Waals surface area contributed by atoms with Crippen LogP contribution in [0.15, 0.2) is 12.2 Å². The number of carboxylic acids is 1. The molecule has 0 aliphatic heterocycles. The van der Waals surface area contributed by atoms with E-state index in [1.54, 1.807) is 0 Å². The fraction of sp³-hybridized carbons (Fsp3) is 0.750. The zero-order chi connectivity index (χ0) is 15.1. The topological polar surface area (TPSA) is 63.6 Å². The molecule has 0 aromatic carbocycles. The van der Waals surface area contributed by atoms with Crippen LogP contribution in [0.2, 0.25) is 0 Å². The first kappa shape index (κ1) is 23.4. The molecule has 0 saturated carbocycles. The predicted octanol–water partition coefficient (Wildman–Crippen LogP) is 3.94. The van der Waals surface area contributed by atoms with Gasteiger partial charge in [0.15, 0.2) is 0 Å². The van der Waals surface area contributed by atoms with Gasteiger partial charge in [-0.05, 0) is 6.42 Å². The van der Waals surface area contributed by atoms with E-state index < -0.39 is 11.9 Å². The van der Waals surface area contributed by atoms with E-state index in [9.17, 15) is 9.59 Å². The van der Waals surface area contributed by atoms with E-state index in [1.807, 2.05) is 0 Å². The first-order valence-electron chi connectivity index (χ1n) is 7.74. The second kappa shape index (κ2) is 18.2. The van der Waals surface area contributed by atoms with Crippen molar-refractivity contribution in [2.24, 2.45) is 0 Å². The molecule has 0 aliphatic rings. The molecule has 0 heterocycles. The van der Waals surface area contributed by atoms with E-state index in [2.05, 4.69) is 6.92 Å². The van der Waals surface area contributed by atoms with Crippen molar-refractivity contribution in [2.75, 3.05) is 6.61 Å². The van der Waals surface area contributed by atoms with Gasteiger partial charge in [0.05, 0.1) is 6.61 Å². The van der Waals surface area contributed by atoms with Crippen LogP contribution >= 0.6 is 0 Å². The Morgan fingerprint density at radius 1 is 0.905 bits per heavy atom. The van der Waals surface area contributed by atoms with Crippen LogP contribution in [0.5, 0.6) is 0 Å². The number of hydrogen-bond acceptors (Lipinski definition) is 3. The molecule has 0 rings (SSSR count). The van der Waals surface area contributed by atoms with E-state index in [0.717, 1.165) is 25.0 Å². The quantitative estimate of drug-likeness (QED) is 0.230. The van der Waals surface area contributed by atoms with Crippen LogP contribution < -0.4 is 0 Å². The summed E-state index contributed by atoms with van der Waals surface area (Å²) in [4.78, 5) is 21.2. The molecule has 0 atom stereocenters. The molecule has 0 aliphatic carbocycles. The molecule has 0 unspecified atom stereocenters. The minimum Gasteiger partial charge on any atom is -1.00 e. The zero-order valence-corrected chi connectivity index (χ0v) is 16.8. The van der Waals surface area contributed by atoms with Gasteiger partial charge < -0.3 is 12.7 Å². The number of ether oxygens (including phenoxy) is 1. The summed E-state index contributed by atoms with van der Waals surface area (Å²) < 4.78 is 4.88. The maximum Gasteiger partial charge on any atom is 2.00 e. The second-order valence-corrected chi connectivity index (χ2v) is 5.02. The summed E-state index contributed by atoms with van der Waals surface area (Å²) in [5.74, 6) is -1.72. The van der Waals surface area contributed by atoms with Crippen LogP contribution in [0.4, 0.5) is 0 Å². The SMILES string of the molecule is CCCCCCCCCCCCOC(=O)/C=C\C(=O)O.[H-].[H-].[Sr+2]. The third kappa shape index (κ3) is 20.2. The summed E-state index contributed by atoms with van der Waals surface area (Å²) in [6.07, 6.45) is 14.0. The molecule has 0 aromatic heterocycles. The van der Waals surface area contributed by atoms with E-state index >= 15 is 0 Å². The van der Waals surface area contributed by atoms with Crippen molar-refractivity contribution in [1.82, 2.24) is 0 Å². The molecule has 0 radical (unpaired) electrons. The maximum atomic E-state index is 11.0. The summed E-state index contributed by atoms with van der Waals surface area (Å²) in [6, 6.07) is 0. The summed E-state index contributed by atoms with van der Waals surface area (Å²) in [5.41, 5.74) is 0. The summed E-state index contributed by atoms with van der Waals surface area (Å²) in [5, 5.41) is 8.33. The standard InChI is InChI=1S/C16H28O4.Sr.2H/c1-2-3-4-5-6-7-8-9-10-11-14-20-16(19)13-12-15(17)18;;;/h12-13H,2-11,14H2,1H3,(H,17,18);;;/q;+2;2*-1/b13-12-;;;. The predicted molar refractivity (Wildman–Crippen MR) is 87.6 cm³/mol. The Balaban J connectivity index is -0.000000602. The molecule has 0 aromatic rings. The normalized spacial score (nSPS) is 10.3. The number of carboxylic acid groups (broad SMARTS) is 1. The van der Waals surface area contributed by atoms with E-state index in [-0.39, 0.29) is 48.3 Å². The smallest absolute Gasteiger partial charge is 1.00 e. The van der Waals surface area contributed by atoms with Gasteiger partial charge in [0.2, 0.25) is 0 Å². The third-order valence-corrected chi connectivity index (χ3v) is 3.10. The third-order valence-electron chi connectivity index (χ3n) is 3.10. The summed E-state index contributed by atoms with van der Waals surface area (Å²) >= 11 is 0. The molecule has 0 amide bonds. The monoisotopic (exact) mass is 374 g/mol. The molecule has 5 heteroatoms. The summed E-state index contributed by atoms with van der Waals surface area (Å²) in [7, 11) is 0. The van der Waals surface area contributed by atoms with Crippen LogP contribution in [0.3, 0.4) is 0 Å². The van der Waals surface area contributed by atoms with Crippen LogP contribution in [0, 0.1) is 0 Å². The zero-order valence-electron chi connectivity index (χ0n) is 15.3. The molecule has 0 bridgehead atoms. The largest absolute Gasteiger partial charge is 2.00 e. The molecular weight excluding hydrogens is 344 g/mol. The van der Waals surface area contributed by atoms with Gasteiger partial charge in [-0.2, -0.15) is 0 Å². The first-order chi connectivity index (χ1) is 9.66. The number of esters is 1. The van der Waals surface area contributed by atoms with Crippen molar-refractivity contribution >= 4 is 57.4 Å². The van der Waals surface area contributed by atoms with Gasteiger partial charge in [-0.15, -0.1) is 0 Å². The van der Waals surface area contributed by atoms with Gasteiger partial charge in [-0.25, -0.2) is 9.59 Å². The second-order valence-electron chi connectivity index (χ2n) is 5.02. The summed E-state index contributed by atoms with van der Waals surface area (Å²) in [6.45, 7) is 2.60. The minimum absolute atomic E-state index is 0. The number of aliphatic carboxylic acids is 1. The van der Waals surface area contributed by atoms with Crippen LogP contribution in [-0.2, 0) is 14.3 Å². The van der Waals surface area contributed by atoms with E-state index in [1.165, 1.54) is 51.4 Å². The van der Waals surface area contributed by atoms with E-state index in [0.29, 0.717) is 6.61 Å². The average molecular weight is 374 g/mol. The van der Waals surface area contributed by atoms with Crippen molar-refractivity contribution in [1.29, 1.82) is 0 Å². The van der Waals surface area contributed by atoms with Gasteiger partial charge >= 0.3 is 57.4 Å². The van der Waals surface area contributed by atoms with Gasteiger partial charge in [0, 0.05) is 12.2 Å². The fourth-order valence-electron chi connectivity index (χ4n) is 1.95. The average Bonchev–Trinajstić information content (AvgIpc) is 2.42. The van der Waals surface area contributed by atoms with Gasteiger partial charge in [0.1, 0.15) is 0 Å². The Morgan fingerprint density at radius 3 is 1.86 bits per heavy atom. The van der Waals surface area contributed by atoms with Crippen LogP contribution in [0.25, 0.3) is 0 Å². The Hall–Kier alpha value is 0.161. The van der Waals surface area contributed by atoms with Crippen molar-refractivity contribution < 1.29 is 22.3 Å². The molecule has 21 heavy (non-hydrogen) atoms. The molecule has 120 valence electrons. The molecule has 0 saturated heterocycles. The van der Waals surface area contributed by atoms with E-state index in [4.69, 9.17) is 9.84 Å². The van der Waals surface area contributed by atoms with Crippen molar-refractivity contribution in [3.63, 3.8) is 0 Å². The van der Waals surface area contributed by atoms with Gasteiger partial charge in [-0.1, -0.05) is 64.7 Å². The molecule has 0 fully saturated rings.